The fraction of sp³-hybridized carbons (Fsp3) is 0.684. The van der Waals surface area contributed by atoms with Gasteiger partial charge in [0.1, 0.15) is 11.5 Å². The maximum atomic E-state index is 12.2. The van der Waals surface area contributed by atoms with Gasteiger partial charge in [0.25, 0.3) is 0 Å². The molecule has 0 spiro atoms. The van der Waals surface area contributed by atoms with Gasteiger partial charge in [0, 0.05) is 25.6 Å². The number of carbonyl (C=O) groups excluding carboxylic acids is 2. The Morgan fingerprint density at radius 3 is 2.58 bits per heavy atom. The predicted octanol–water partition coefficient (Wildman–Crippen LogP) is 1.38. The van der Waals surface area contributed by atoms with Gasteiger partial charge in [-0.1, -0.05) is 12.8 Å². The van der Waals surface area contributed by atoms with E-state index in [-0.39, 0.29) is 30.3 Å². The van der Waals surface area contributed by atoms with E-state index in [1.807, 2.05) is 19.1 Å². The molecule has 1 saturated heterocycles. The summed E-state index contributed by atoms with van der Waals surface area (Å²) in [6.07, 6.45) is 4.08. The van der Waals surface area contributed by atoms with Crippen LogP contribution in [0.25, 0.3) is 0 Å². The molecule has 2 heterocycles. The summed E-state index contributed by atoms with van der Waals surface area (Å²) in [5.41, 5.74) is 0. The van der Waals surface area contributed by atoms with Crippen LogP contribution in [0.4, 0.5) is 0 Å². The number of rotatable bonds is 7. The number of furan rings is 1. The summed E-state index contributed by atoms with van der Waals surface area (Å²) in [6, 6.07) is 3.87. The van der Waals surface area contributed by atoms with Crippen LogP contribution in [-0.2, 0) is 14.3 Å². The number of morpholine rings is 1. The van der Waals surface area contributed by atoms with Crippen molar-refractivity contribution in [2.75, 3.05) is 39.4 Å². The Hall–Kier alpha value is -1.86. The molecule has 0 radical (unpaired) electrons. The first-order valence-corrected chi connectivity index (χ1v) is 9.56. The van der Waals surface area contributed by atoms with Crippen LogP contribution < -0.4 is 10.6 Å². The van der Waals surface area contributed by atoms with Gasteiger partial charge in [0.15, 0.2) is 0 Å². The van der Waals surface area contributed by atoms with Gasteiger partial charge >= 0.3 is 0 Å². The van der Waals surface area contributed by atoms with E-state index in [0.29, 0.717) is 19.8 Å². The van der Waals surface area contributed by atoms with Crippen LogP contribution in [0.15, 0.2) is 16.5 Å². The number of nitrogens with zero attached hydrogens (tertiary/aromatic N) is 1. The Kier molecular flexibility index (Phi) is 6.68. The van der Waals surface area contributed by atoms with Crippen molar-refractivity contribution < 1.29 is 18.7 Å². The van der Waals surface area contributed by atoms with Crippen molar-refractivity contribution >= 4 is 11.8 Å². The molecule has 26 heavy (non-hydrogen) atoms. The van der Waals surface area contributed by atoms with Crippen molar-refractivity contribution in [3.05, 3.63) is 23.7 Å². The van der Waals surface area contributed by atoms with Gasteiger partial charge in [0.05, 0.1) is 25.8 Å². The molecule has 1 atom stereocenters. The number of nitrogens with one attached hydrogen (secondary N) is 2. The summed E-state index contributed by atoms with van der Waals surface area (Å²) in [7, 11) is 0. The average Bonchev–Trinajstić information content (AvgIpc) is 3.33. The Balaban J connectivity index is 1.50. The molecule has 7 nitrogen and oxygen atoms in total. The third kappa shape index (κ3) is 5.08. The molecule has 3 rings (SSSR count). The first kappa shape index (κ1) is 18.9. The molecule has 1 aliphatic heterocycles. The SMILES string of the molecule is Cc1ccc(C(CNC(=O)CNC(=O)C2CCCC2)N2CCOCC2)o1. The number of aryl methyl sites for hydroxylation is 1. The minimum atomic E-state index is -0.169. The number of ether oxygens (including phenoxy) is 1. The predicted molar refractivity (Wildman–Crippen MR) is 96.6 cm³/mol. The lowest BCUT2D eigenvalue weighted by atomic mass is 10.1. The van der Waals surface area contributed by atoms with Crippen LogP contribution in [0.3, 0.4) is 0 Å². The standard InChI is InChI=1S/C19H29N3O4/c1-14-6-7-17(26-14)16(22-8-10-25-11-9-22)12-20-18(23)13-21-19(24)15-4-2-3-5-15/h6-7,15-16H,2-5,8-13H2,1H3,(H,20,23)(H,21,24). The fourth-order valence-corrected chi connectivity index (χ4v) is 3.70. The number of carbonyl (C=O) groups is 2. The Morgan fingerprint density at radius 2 is 1.92 bits per heavy atom. The molecule has 2 fully saturated rings. The molecule has 1 aromatic heterocycles. The highest BCUT2D eigenvalue weighted by Gasteiger charge is 2.26. The average molecular weight is 363 g/mol. The molecule has 0 aromatic carbocycles. The Labute approximate surface area is 154 Å². The van der Waals surface area contributed by atoms with Crippen LogP contribution in [0.5, 0.6) is 0 Å². The van der Waals surface area contributed by atoms with Crippen LogP contribution >= 0.6 is 0 Å². The molecule has 2 N–H and O–H groups in total. The highest BCUT2D eigenvalue weighted by molar-refractivity contribution is 5.85. The fourth-order valence-electron chi connectivity index (χ4n) is 3.70. The van der Waals surface area contributed by atoms with Crippen LogP contribution in [0, 0.1) is 12.8 Å². The second kappa shape index (κ2) is 9.19. The van der Waals surface area contributed by atoms with Crippen LogP contribution in [0.2, 0.25) is 0 Å². The van der Waals surface area contributed by atoms with Crippen LogP contribution in [-0.4, -0.2) is 56.1 Å². The highest BCUT2D eigenvalue weighted by Crippen LogP contribution is 2.25. The molecule has 2 aliphatic rings. The van der Waals surface area contributed by atoms with Crippen molar-refractivity contribution in [2.24, 2.45) is 5.92 Å². The van der Waals surface area contributed by atoms with E-state index < -0.39 is 0 Å². The van der Waals surface area contributed by atoms with Gasteiger partial charge < -0.3 is 19.8 Å². The van der Waals surface area contributed by atoms with Crippen molar-refractivity contribution in [1.29, 1.82) is 0 Å². The summed E-state index contributed by atoms with van der Waals surface area (Å²) in [4.78, 5) is 26.5. The number of hydrogen-bond donors (Lipinski definition) is 2. The quantitative estimate of drug-likeness (QED) is 0.765. The summed E-state index contributed by atoms with van der Waals surface area (Å²) in [5.74, 6) is 1.62. The molecule has 7 heteroatoms. The molecule has 1 saturated carbocycles. The Bertz CT molecular complexity index is 604. The summed E-state index contributed by atoms with van der Waals surface area (Å²) in [6.45, 7) is 5.37. The van der Waals surface area contributed by atoms with Gasteiger partial charge in [-0.05, 0) is 31.9 Å². The van der Waals surface area contributed by atoms with Crippen LogP contribution in [0.1, 0.15) is 43.2 Å². The molecule has 1 aliphatic carbocycles. The lowest BCUT2D eigenvalue weighted by Crippen LogP contribution is -2.45. The van der Waals surface area contributed by atoms with Gasteiger partial charge in [-0.3, -0.25) is 14.5 Å². The van der Waals surface area contributed by atoms with Crippen molar-refractivity contribution in [3.63, 3.8) is 0 Å². The Morgan fingerprint density at radius 1 is 1.19 bits per heavy atom. The van der Waals surface area contributed by atoms with Crippen molar-refractivity contribution in [1.82, 2.24) is 15.5 Å². The van der Waals surface area contributed by atoms with E-state index in [9.17, 15) is 9.59 Å². The molecular weight excluding hydrogens is 334 g/mol. The highest BCUT2D eigenvalue weighted by atomic mass is 16.5. The number of hydrogen-bond acceptors (Lipinski definition) is 5. The zero-order chi connectivity index (χ0) is 18.4. The maximum Gasteiger partial charge on any atom is 0.239 e. The van der Waals surface area contributed by atoms with E-state index in [0.717, 1.165) is 50.3 Å². The van der Waals surface area contributed by atoms with Gasteiger partial charge in [-0.25, -0.2) is 0 Å². The van der Waals surface area contributed by atoms with Crippen molar-refractivity contribution in [2.45, 2.75) is 38.6 Å². The second-order valence-electron chi connectivity index (χ2n) is 7.12. The zero-order valence-electron chi connectivity index (χ0n) is 15.5. The largest absolute Gasteiger partial charge is 0.465 e. The minimum Gasteiger partial charge on any atom is -0.465 e. The monoisotopic (exact) mass is 363 g/mol. The third-order valence-electron chi connectivity index (χ3n) is 5.22. The van der Waals surface area contributed by atoms with E-state index in [1.165, 1.54) is 0 Å². The first-order chi connectivity index (χ1) is 12.6. The lowest BCUT2D eigenvalue weighted by molar-refractivity contribution is -0.128. The smallest absolute Gasteiger partial charge is 0.239 e. The summed E-state index contributed by atoms with van der Waals surface area (Å²) >= 11 is 0. The maximum absolute atomic E-state index is 12.2. The summed E-state index contributed by atoms with van der Waals surface area (Å²) in [5, 5.41) is 5.70. The second-order valence-corrected chi connectivity index (χ2v) is 7.12. The lowest BCUT2D eigenvalue weighted by Gasteiger charge is -2.33. The zero-order valence-corrected chi connectivity index (χ0v) is 15.5. The first-order valence-electron chi connectivity index (χ1n) is 9.56. The summed E-state index contributed by atoms with van der Waals surface area (Å²) < 4.78 is 11.2. The van der Waals surface area contributed by atoms with E-state index >= 15 is 0 Å². The van der Waals surface area contributed by atoms with E-state index in [1.54, 1.807) is 0 Å². The molecule has 144 valence electrons. The normalized spacial score (nSPS) is 20.0. The van der Waals surface area contributed by atoms with Gasteiger partial charge in [-0.2, -0.15) is 0 Å². The molecule has 1 aromatic rings. The molecule has 2 amide bonds. The van der Waals surface area contributed by atoms with E-state index in [4.69, 9.17) is 9.15 Å². The number of amides is 2. The molecule has 1 unspecified atom stereocenters. The third-order valence-corrected chi connectivity index (χ3v) is 5.22. The molecular formula is C19H29N3O4. The van der Waals surface area contributed by atoms with Gasteiger partial charge in [-0.15, -0.1) is 0 Å². The van der Waals surface area contributed by atoms with Gasteiger partial charge in [0.2, 0.25) is 11.8 Å². The topological polar surface area (TPSA) is 83.8 Å². The molecule has 0 bridgehead atoms. The van der Waals surface area contributed by atoms with E-state index in [2.05, 4.69) is 15.5 Å². The minimum absolute atomic E-state index is 0.00374. The van der Waals surface area contributed by atoms with Crippen molar-refractivity contribution in [3.8, 4) is 0 Å².